The molecule has 0 spiro atoms. The number of nitrogens with one attached hydrogen (secondary N) is 2. The van der Waals surface area contributed by atoms with Crippen LogP contribution in [0.2, 0.25) is 0 Å². The van der Waals surface area contributed by atoms with Gasteiger partial charge in [-0.25, -0.2) is 4.79 Å². The molecule has 0 aliphatic heterocycles. The highest BCUT2D eigenvalue weighted by Gasteiger charge is 2.36. The molecule has 0 aromatic heterocycles. The van der Waals surface area contributed by atoms with Crippen LogP contribution in [0.25, 0.3) is 10.8 Å². The van der Waals surface area contributed by atoms with E-state index in [9.17, 15) is 19.5 Å². The van der Waals surface area contributed by atoms with Crippen LogP contribution in [0.15, 0.2) is 91.0 Å². The number of alkyl carbamates (subject to hydrolysis) is 1. The third-order valence-corrected chi connectivity index (χ3v) is 6.66. The van der Waals surface area contributed by atoms with E-state index < -0.39 is 35.6 Å². The molecule has 0 aliphatic rings. The Balaban J connectivity index is 1.70. The number of hydrogen-bond acceptors (Lipinski definition) is 5. The Morgan fingerprint density at radius 3 is 2.21 bits per heavy atom. The fourth-order valence-corrected chi connectivity index (χ4v) is 4.60. The van der Waals surface area contributed by atoms with Gasteiger partial charge in [0.2, 0.25) is 0 Å². The Hall–Kier alpha value is -5.29. The van der Waals surface area contributed by atoms with Crippen molar-refractivity contribution in [3.05, 3.63) is 108 Å². The summed E-state index contributed by atoms with van der Waals surface area (Å²) in [5, 5.41) is 17.2. The van der Waals surface area contributed by atoms with Crippen molar-refractivity contribution in [3.8, 4) is 18.2 Å². The van der Waals surface area contributed by atoms with Crippen molar-refractivity contribution in [2.75, 3.05) is 5.32 Å². The van der Waals surface area contributed by atoms with E-state index in [1.807, 2.05) is 55.5 Å². The molecule has 0 radical (unpaired) electrons. The number of carbonyl (C=O) groups is 3. The van der Waals surface area contributed by atoms with Gasteiger partial charge in [0.05, 0.1) is 0 Å². The molecule has 3 amide bonds. The molecule has 8 heteroatoms. The largest absolute Gasteiger partial charge is 0.508 e. The first-order valence-electron chi connectivity index (χ1n) is 13.9. The number of rotatable bonds is 8. The lowest BCUT2D eigenvalue weighted by Crippen LogP contribution is -2.51. The average molecular weight is 578 g/mol. The van der Waals surface area contributed by atoms with Gasteiger partial charge in [0.1, 0.15) is 23.4 Å². The van der Waals surface area contributed by atoms with Gasteiger partial charge in [-0.05, 0) is 73.9 Å². The smallest absolute Gasteiger partial charge is 0.408 e. The maximum atomic E-state index is 14.1. The fraction of sp³-hybridized carbons (Fsp3) is 0.229. The number of carbonyl (C=O) groups excluding carboxylic acids is 3. The number of ether oxygens (including phenoxy) is 1. The molecule has 0 saturated heterocycles. The molecule has 43 heavy (non-hydrogen) atoms. The van der Waals surface area contributed by atoms with E-state index in [-0.39, 0.29) is 12.2 Å². The zero-order valence-corrected chi connectivity index (χ0v) is 24.6. The summed E-state index contributed by atoms with van der Waals surface area (Å²) < 4.78 is 5.42. The first-order valence-corrected chi connectivity index (χ1v) is 13.9. The fourth-order valence-electron chi connectivity index (χ4n) is 4.60. The highest BCUT2D eigenvalue weighted by Crippen LogP contribution is 2.26. The summed E-state index contributed by atoms with van der Waals surface area (Å²) in [5.41, 5.74) is 1.84. The van der Waals surface area contributed by atoms with Gasteiger partial charge < -0.3 is 20.5 Å². The minimum atomic E-state index is -1.22. The number of terminal acetylenes is 1. The van der Waals surface area contributed by atoms with Gasteiger partial charge in [-0.2, -0.15) is 0 Å². The predicted molar refractivity (Wildman–Crippen MR) is 167 cm³/mol. The predicted octanol–water partition coefficient (Wildman–Crippen LogP) is 6.09. The second kappa shape index (κ2) is 13.1. The van der Waals surface area contributed by atoms with E-state index in [1.165, 1.54) is 12.1 Å². The van der Waals surface area contributed by atoms with E-state index in [0.29, 0.717) is 16.8 Å². The van der Waals surface area contributed by atoms with Crippen molar-refractivity contribution >= 4 is 34.4 Å². The van der Waals surface area contributed by atoms with Crippen molar-refractivity contribution in [3.63, 3.8) is 0 Å². The minimum Gasteiger partial charge on any atom is -0.508 e. The van der Waals surface area contributed by atoms with E-state index in [0.717, 1.165) is 21.2 Å². The Labute approximate surface area is 251 Å². The normalized spacial score (nSPS) is 12.4. The van der Waals surface area contributed by atoms with Gasteiger partial charge >= 0.3 is 6.09 Å². The number of phenols is 1. The molecule has 4 aromatic rings. The molecular formula is C35H35N3O5. The SMILES string of the molecule is C#CN(C(=O)C(Cc1ccc(O)cc1)NC(=O)OC(C)(C)C)C(C(=O)Nc1ccc2ccccc2c1)c1ccc(C)cc1. The lowest BCUT2D eigenvalue weighted by atomic mass is 10.00. The molecular weight excluding hydrogens is 542 g/mol. The van der Waals surface area contributed by atoms with Gasteiger partial charge in [0.15, 0.2) is 0 Å². The standard InChI is InChI=1S/C35H35N3O5/c1-6-38(33(41)30(37-34(42)43-35(3,4)5)21-24-13-19-29(39)20-14-24)31(26-15-11-23(2)12-16-26)32(40)36-28-18-17-25-9-7-8-10-27(25)22-28/h1,7-20,22,30-31,39H,21H2,2-5H3,(H,36,40)(H,37,42). The summed E-state index contributed by atoms with van der Waals surface area (Å²) in [6.45, 7) is 7.04. The molecule has 220 valence electrons. The molecule has 0 aliphatic carbocycles. The number of nitrogens with zero attached hydrogens (tertiary/aromatic N) is 1. The molecule has 2 atom stereocenters. The summed E-state index contributed by atoms with van der Waals surface area (Å²) in [5.74, 6) is -1.14. The number of hydrogen-bond donors (Lipinski definition) is 3. The van der Waals surface area contributed by atoms with Crippen LogP contribution in [0.1, 0.15) is 43.5 Å². The summed E-state index contributed by atoms with van der Waals surface area (Å²) in [7, 11) is 0. The first-order chi connectivity index (χ1) is 20.4. The van der Waals surface area contributed by atoms with Crippen LogP contribution in [0.5, 0.6) is 5.75 Å². The maximum absolute atomic E-state index is 14.1. The topological polar surface area (TPSA) is 108 Å². The zero-order chi connectivity index (χ0) is 31.1. The number of phenolic OH excluding ortho intramolecular Hbond substituents is 1. The van der Waals surface area contributed by atoms with E-state index in [2.05, 4.69) is 16.7 Å². The molecule has 4 aromatic carbocycles. The van der Waals surface area contributed by atoms with Crippen LogP contribution in [-0.2, 0) is 20.7 Å². The van der Waals surface area contributed by atoms with Crippen molar-refractivity contribution in [2.24, 2.45) is 0 Å². The van der Waals surface area contributed by atoms with Crippen LogP contribution in [0, 0.1) is 19.4 Å². The van der Waals surface area contributed by atoms with Gasteiger partial charge in [-0.1, -0.05) is 78.7 Å². The van der Waals surface area contributed by atoms with Gasteiger partial charge in [0, 0.05) is 18.2 Å². The molecule has 0 heterocycles. The quantitative estimate of drug-likeness (QED) is 0.174. The van der Waals surface area contributed by atoms with Crippen molar-refractivity contribution in [2.45, 2.75) is 51.8 Å². The van der Waals surface area contributed by atoms with Crippen LogP contribution >= 0.6 is 0 Å². The number of fused-ring (bicyclic) bond motifs is 1. The second-order valence-electron chi connectivity index (χ2n) is 11.3. The summed E-state index contributed by atoms with van der Waals surface area (Å²) in [6.07, 6.45) is 5.15. The molecule has 2 unspecified atom stereocenters. The Morgan fingerprint density at radius 1 is 0.930 bits per heavy atom. The molecule has 8 nitrogen and oxygen atoms in total. The summed E-state index contributed by atoms with van der Waals surface area (Å²) in [4.78, 5) is 41.9. The molecule has 4 rings (SSSR count). The Bertz CT molecular complexity index is 1650. The van der Waals surface area contributed by atoms with Crippen molar-refractivity contribution < 1.29 is 24.2 Å². The van der Waals surface area contributed by atoms with E-state index in [1.54, 1.807) is 51.1 Å². The van der Waals surface area contributed by atoms with Crippen molar-refractivity contribution in [1.82, 2.24) is 10.2 Å². The van der Waals surface area contributed by atoms with Crippen LogP contribution in [-0.4, -0.2) is 39.6 Å². The van der Waals surface area contributed by atoms with Gasteiger partial charge in [-0.15, -0.1) is 0 Å². The second-order valence-corrected chi connectivity index (χ2v) is 11.3. The highest BCUT2D eigenvalue weighted by molar-refractivity contribution is 6.01. The molecule has 0 fully saturated rings. The lowest BCUT2D eigenvalue weighted by molar-refractivity contribution is -0.136. The Kier molecular flexibility index (Phi) is 9.36. The van der Waals surface area contributed by atoms with Crippen molar-refractivity contribution in [1.29, 1.82) is 0 Å². The summed E-state index contributed by atoms with van der Waals surface area (Å²) >= 11 is 0. The third-order valence-electron chi connectivity index (χ3n) is 6.66. The summed E-state index contributed by atoms with van der Waals surface area (Å²) in [6, 6.07) is 26.7. The number of anilines is 1. The zero-order valence-electron chi connectivity index (χ0n) is 24.6. The number of aromatic hydroxyl groups is 1. The monoisotopic (exact) mass is 577 g/mol. The minimum absolute atomic E-state index is 0.0312. The van der Waals surface area contributed by atoms with Crippen LogP contribution in [0.4, 0.5) is 10.5 Å². The lowest BCUT2D eigenvalue weighted by Gasteiger charge is -2.30. The van der Waals surface area contributed by atoms with Gasteiger partial charge in [-0.3, -0.25) is 14.5 Å². The van der Waals surface area contributed by atoms with Crippen LogP contribution < -0.4 is 10.6 Å². The molecule has 0 saturated carbocycles. The first kappa shape index (κ1) is 30.7. The Morgan fingerprint density at radius 2 is 1.58 bits per heavy atom. The number of benzene rings is 4. The van der Waals surface area contributed by atoms with Gasteiger partial charge in [0.25, 0.3) is 11.8 Å². The average Bonchev–Trinajstić information content (AvgIpc) is 2.96. The highest BCUT2D eigenvalue weighted by atomic mass is 16.6. The molecule has 0 bridgehead atoms. The van der Waals surface area contributed by atoms with E-state index >= 15 is 0 Å². The van der Waals surface area contributed by atoms with Crippen LogP contribution in [0.3, 0.4) is 0 Å². The maximum Gasteiger partial charge on any atom is 0.408 e. The number of aryl methyl sites for hydroxylation is 1. The van der Waals surface area contributed by atoms with E-state index in [4.69, 9.17) is 11.2 Å². The number of amides is 3. The molecule has 3 N–H and O–H groups in total. The third kappa shape index (κ3) is 8.14.